The number of anilines is 1. The molecule has 3 rings (SSSR count). The number of benzene rings is 1. The highest BCUT2D eigenvalue weighted by Gasteiger charge is 2.12. The van der Waals surface area contributed by atoms with Gasteiger partial charge in [-0.2, -0.15) is 0 Å². The van der Waals surface area contributed by atoms with Crippen molar-refractivity contribution in [3.8, 4) is 0 Å². The van der Waals surface area contributed by atoms with Crippen molar-refractivity contribution in [2.75, 3.05) is 11.1 Å². The standard InChI is InChI=1S/C17H17FN4O2S2/c1-11(12-4-6-13(18)7-5-12)20-15(23)10-25-17-22-21-16(26-17)19-9-14-3-2-8-24-14/h2-8,11H,9-10H2,1H3,(H,19,21)(H,20,23). The maximum atomic E-state index is 12.9. The quantitative estimate of drug-likeness (QED) is 0.567. The minimum absolute atomic E-state index is 0.118. The topological polar surface area (TPSA) is 80.0 Å². The second-order valence-electron chi connectivity index (χ2n) is 5.44. The molecule has 1 aromatic carbocycles. The highest BCUT2D eigenvalue weighted by molar-refractivity contribution is 8.01. The molecule has 0 aliphatic carbocycles. The largest absolute Gasteiger partial charge is 0.467 e. The smallest absolute Gasteiger partial charge is 0.230 e. The van der Waals surface area contributed by atoms with Gasteiger partial charge in [-0.1, -0.05) is 35.2 Å². The van der Waals surface area contributed by atoms with E-state index in [0.29, 0.717) is 16.0 Å². The van der Waals surface area contributed by atoms with Crippen molar-refractivity contribution in [2.24, 2.45) is 0 Å². The Morgan fingerprint density at radius 1 is 1.31 bits per heavy atom. The van der Waals surface area contributed by atoms with Crippen LogP contribution >= 0.6 is 23.1 Å². The number of nitrogens with one attached hydrogen (secondary N) is 2. The molecule has 0 saturated carbocycles. The number of thioether (sulfide) groups is 1. The first-order valence-electron chi connectivity index (χ1n) is 7.87. The summed E-state index contributed by atoms with van der Waals surface area (Å²) in [5.41, 5.74) is 0.852. The Hall–Kier alpha value is -2.39. The molecule has 136 valence electrons. The van der Waals surface area contributed by atoms with Crippen LogP contribution in [0.3, 0.4) is 0 Å². The minimum atomic E-state index is -0.296. The van der Waals surface area contributed by atoms with Gasteiger partial charge in [-0.25, -0.2) is 4.39 Å². The fourth-order valence-electron chi connectivity index (χ4n) is 2.16. The van der Waals surface area contributed by atoms with Gasteiger partial charge in [-0.15, -0.1) is 10.2 Å². The van der Waals surface area contributed by atoms with Crippen LogP contribution in [-0.2, 0) is 11.3 Å². The van der Waals surface area contributed by atoms with E-state index in [0.717, 1.165) is 11.3 Å². The van der Waals surface area contributed by atoms with Crippen LogP contribution < -0.4 is 10.6 Å². The maximum Gasteiger partial charge on any atom is 0.230 e. The first-order chi connectivity index (χ1) is 12.6. The molecular formula is C17H17FN4O2S2. The summed E-state index contributed by atoms with van der Waals surface area (Å²) in [4.78, 5) is 12.1. The molecule has 1 unspecified atom stereocenters. The predicted octanol–water partition coefficient (Wildman–Crippen LogP) is 3.85. The highest BCUT2D eigenvalue weighted by Crippen LogP contribution is 2.26. The number of carbonyl (C=O) groups excluding carboxylic acids is 1. The van der Waals surface area contributed by atoms with Crippen molar-refractivity contribution in [3.63, 3.8) is 0 Å². The van der Waals surface area contributed by atoms with Crippen molar-refractivity contribution in [2.45, 2.75) is 23.8 Å². The maximum absolute atomic E-state index is 12.9. The number of carbonyl (C=O) groups is 1. The number of furan rings is 1. The van der Waals surface area contributed by atoms with Crippen LogP contribution in [0.4, 0.5) is 9.52 Å². The monoisotopic (exact) mass is 392 g/mol. The molecule has 2 aromatic heterocycles. The molecule has 9 heteroatoms. The lowest BCUT2D eigenvalue weighted by Gasteiger charge is -2.13. The van der Waals surface area contributed by atoms with Gasteiger partial charge in [-0.3, -0.25) is 4.79 Å². The summed E-state index contributed by atoms with van der Waals surface area (Å²) < 4.78 is 18.9. The molecule has 0 aliphatic heterocycles. The number of hydrogen-bond acceptors (Lipinski definition) is 7. The number of hydrogen-bond donors (Lipinski definition) is 2. The van der Waals surface area contributed by atoms with Crippen molar-refractivity contribution in [1.29, 1.82) is 0 Å². The first kappa shape index (κ1) is 18.4. The first-order valence-corrected chi connectivity index (χ1v) is 9.68. The summed E-state index contributed by atoms with van der Waals surface area (Å²) in [5.74, 6) is 0.629. The molecule has 3 aromatic rings. The van der Waals surface area contributed by atoms with Crippen LogP contribution in [0.25, 0.3) is 0 Å². The van der Waals surface area contributed by atoms with Gasteiger partial charge in [0, 0.05) is 0 Å². The molecule has 0 aliphatic rings. The predicted molar refractivity (Wildman–Crippen MR) is 99.6 cm³/mol. The van der Waals surface area contributed by atoms with Crippen molar-refractivity contribution in [3.05, 3.63) is 59.8 Å². The van der Waals surface area contributed by atoms with Gasteiger partial charge in [0.1, 0.15) is 11.6 Å². The minimum Gasteiger partial charge on any atom is -0.467 e. The molecule has 2 heterocycles. The molecule has 0 radical (unpaired) electrons. The van der Waals surface area contributed by atoms with E-state index >= 15 is 0 Å². The molecule has 0 spiro atoms. The molecule has 1 amide bonds. The molecule has 6 nitrogen and oxygen atoms in total. The lowest BCUT2D eigenvalue weighted by molar-refractivity contribution is -0.119. The van der Waals surface area contributed by atoms with E-state index in [4.69, 9.17) is 4.42 Å². The highest BCUT2D eigenvalue weighted by atomic mass is 32.2. The number of halogens is 1. The van der Waals surface area contributed by atoms with E-state index in [1.165, 1.54) is 35.2 Å². The Morgan fingerprint density at radius 3 is 2.85 bits per heavy atom. The lowest BCUT2D eigenvalue weighted by Crippen LogP contribution is -2.28. The van der Waals surface area contributed by atoms with Crippen LogP contribution in [0.15, 0.2) is 51.4 Å². The summed E-state index contributed by atoms with van der Waals surface area (Å²) in [6, 6.07) is 9.59. The second-order valence-corrected chi connectivity index (χ2v) is 7.64. The summed E-state index contributed by atoms with van der Waals surface area (Å²) in [7, 11) is 0. The van der Waals surface area contributed by atoms with E-state index in [2.05, 4.69) is 20.8 Å². The SMILES string of the molecule is CC(NC(=O)CSc1nnc(NCc2ccco2)s1)c1ccc(F)cc1. The Kier molecular flexibility index (Phi) is 6.24. The third kappa shape index (κ3) is 5.30. The van der Waals surface area contributed by atoms with Crippen LogP contribution in [0.5, 0.6) is 0 Å². The summed E-state index contributed by atoms with van der Waals surface area (Å²) in [6.45, 7) is 2.39. The van der Waals surface area contributed by atoms with Gasteiger partial charge in [0.15, 0.2) is 4.34 Å². The number of amides is 1. The van der Waals surface area contributed by atoms with Crippen LogP contribution in [0.2, 0.25) is 0 Å². The van der Waals surface area contributed by atoms with E-state index < -0.39 is 0 Å². The molecule has 1 atom stereocenters. The van der Waals surface area contributed by atoms with Crippen molar-refractivity contribution < 1.29 is 13.6 Å². The van der Waals surface area contributed by atoms with Crippen LogP contribution in [0.1, 0.15) is 24.3 Å². The average Bonchev–Trinajstić information content (AvgIpc) is 3.30. The van der Waals surface area contributed by atoms with Gasteiger partial charge < -0.3 is 15.1 Å². The fourth-order valence-corrected chi connectivity index (χ4v) is 3.72. The second kappa shape index (κ2) is 8.81. The normalized spacial score (nSPS) is 11.9. The Balaban J connectivity index is 1.43. The average molecular weight is 392 g/mol. The number of rotatable bonds is 8. The zero-order chi connectivity index (χ0) is 18.4. The van der Waals surface area contributed by atoms with Gasteiger partial charge in [0.05, 0.1) is 24.6 Å². The number of aromatic nitrogens is 2. The van der Waals surface area contributed by atoms with Crippen molar-refractivity contribution >= 4 is 34.1 Å². The van der Waals surface area contributed by atoms with Crippen LogP contribution in [-0.4, -0.2) is 21.9 Å². The zero-order valence-corrected chi connectivity index (χ0v) is 15.6. The van der Waals surface area contributed by atoms with Crippen molar-refractivity contribution in [1.82, 2.24) is 15.5 Å². The molecular weight excluding hydrogens is 375 g/mol. The van der Waals surface area contributed by atoms with E-state index in [9.17, 15) is 9.18 Å². The molecule has 2 N–H and O–H groups in total. The zero-order valence-electron chi connectivity index (χ0n) is 13.9. The Bertz CT molecular complexity index is 837. The van der Waals surface area contributed by atoms with Gasteiger partial charge >= 0.3 is 0 Å². The Morgan fingerprint density at radius 2 is 2.12 bits per heavy atom. The third-order valence-electron chi connectivity index (χ3n) is 3.47. The van der Waals surface area contributed by atoms with E-state index in [-0.39, 0.29) is 23.5 Å². The summed E-state index contributed by atoms with van der Waals surface area (Å²) >= 11 is 2.70. The lowest BCUT2D eigenvalue weighted by atomic mass is 10.1. The fraction of sp³-hybridized carbons (Fsp3) is 0.235. The van der Waals surface area contributed by atoms with Gasteiger partial charge in [-0.05, 0) is 36.8 Å². The van der Waals surface area contributed by atoms with E-state index in [1.807, 2.05) is 19.1 Å². The Labute approximate surface area is 158 Å². The number of nitrogens with zero attached hydrogens (tertiary/aromatic N) is 2. The van der Waals surface area contributed by atoms with Crippen LogP contribution in [0, 0.1) is 5.82 Å². The molecule has 0 saturated heterocycles. The summed E-state index contributed by atoms with van der Waals surface area (Å²) in [5, 5.41) is 14.8. The molecule has 26 heavy (non-hydrogen) atoms. The molecule has 0 fully saturated rings. The van der Waals surface area contributed by atoms with Gasteiger partial charge in [0.2, 0.25) is 11.0 Å². The summed E-state index contributed by atoms with van der Waals surface area (Å²) in [6.07, 6.45) is 1.62. The van der Waals surface area contributed by atoms with E-state index in [1.54, 1.807) is 18.4 Å². The molecule has 0 bridgehead atoms. The third-order valence-corrected chi connectivity index (χ3v) is 5.49. The van der Waals surface area contributed by atoms with Gasteiger partial charge in [0.25, 0.3) is 0 Å².